The molecule has 0 aliphatic rings. The molecule has 2 N–H and O–H groups in total. The molecule has 2 heterocycles. The molecule has 2 aromatic heterocycles. The monoisotopic (exact) mass is 205 g/mol. The predicted octanol–water partition coefficient (Wildman–Crippen LogP) is 2.40. The number of nitrogens with zero attached hydrogens (tertiary/aromatic N) is 2. The number of rotatable bonds is 1. The van der Waals surface area contributed by atoms with Crippen LogP contribution in [0, 0.1) is 13.8 Å². The number of nitrogens with two attached hydrogens (primary N) is 1. The van der Waals surface area contributed by atoms with Crippen molar-refractivity contribution in [1.29, 1.82) is 0 Å². The molecule has 0 atom stereocenters. The standard InChI is InChI=1S/C10H11N3S/c1-6-3-4-8(14-6)9-7(2)10(11)13-5-12-9/h3-5H,1-2H3,(H2,11,12,13). The zero-order valence-electron chi connectivity index (χ0n) is 8.11. The van der Waals surface area contributed by atoms with Crippen molar-refractivity contribution >= 4 is 17.2 Å². The van der Waals surface area contributed by atoms with Gasteiger partial charge >= 0.3 is 0 Å². The molecule has 2 rings (SSSR count). The molecule has 3 nitrogen and oxygen atoms in total. The lowest BCUT2D eigenvalue weighted by Gasteiger charge is -2.03. The lowest BCUT2D eigenvalue weighted by Crippen LogP contribution is -1.97. The maximum Gasteiger partial charge on any atom is 0.130 e. The van der Waals surface area contributed by atoms with E-state index in [1.54, 1.807) is 11.3 Å². The molecule has 0 fully saturated rings. The molecular weight excluding hydrogens is 194 g/mol. The van der Waals surface area contributed by atoms with Crippen molar-refractivity contribution in [3.05, 3.63) is 28.9 Å². The highest BCUT2D eigenvalue weighted by molar-refractivity contribution is 7.15. The second-order valence-corrected chi connectivity index (χ2v) is 4.43. The van der Waals surface area contributed by atoms with Crippen LogP contribution in [-0.2, 0) is 0 Å². The molecule has 72 valence electrons. The van der Waals surface area contributed by atoms with E-state index in [2.05, 4.69) is 29.0 Å². The third-order valence-electron chi connectivity index (χ3n) is 2.10. The fourth-order valence-electron chi connectivity index (χ4n) is 1.27. The molecule has 0 bridgehead atoms. The predicted molar refractivity (Wildman–Crippen MR) is 59.2 cm³/mol. The van der Waals surface area contributed by atoms with Crippen molar-refractivity contribution in [2.45, 2.75) is 13.8 Å². The van der Waals surface area contributed by atoms with Gasteiger partial charge in [-0.2, -0.15) is 0 Å². The Morgan fingerprint density at radius 2 is 2.00 bits per heavy atom. The van der Waals surface area contributed by atoms with E-state index in [-0.39, 0.29) is 0 Å². The molecule has 0 saturated heterocycles. The zero-order valence-corrected chi connectivity index (χ0v) is 8.93. The van der Waals surface area contributed by atoms with Gasteiger partial charge in [-0.1, -0.05) is 0 Å². The van der Waals surface area contributed by atoms with E-state index in [0.29, 0.717) is 5.82 Å². The summed E-state index contributed by atoms with van der Waals surface area (Å²) in [4.78, 5) is 10.6. The molecule has 0 aromatic carbocycles. The average molecular weight is 205 g/mol. The maximum atomic E-state index is 5.72. The molecule has 0 saturated carbocycles. The molecule has 2 aromatic rings. The minimum absolute atomic E-state index is 0.557. The molecular formula is C10H11N3S. The van der Waals surface area contributed by atoms with Gasteiger partial charge in [-0.25, -0.2) is 9.97 Å². The van der Waals surface area contributed by atoms with Gasteiger partial charge in [0.05, 0.1) is 10.6 Å². The van der Waals surface area contributed by atoms with Gasteiger partial charge in [-0.05, 0) is 26.0 Å². The summed E-state index contributed by atoms with van der Waals surface area (Å²) in [5.74, 6) is 0.557. The van der Waals surface area contributed by atoms with Crippen LogP contribution in [0.15, 0.2) is 18.5 Å². The van der Waals surface area contributed by atoms with Gasteiger partial charge in [0, 0.05) is 10.4 Å². The molecule has 0 unspecified atom stereocenters. The first-order valence-electron chi connectivity index (χ1n) is 4.32. The molecule has 14 heavy (non-hydrogen) atoms. The van der Waals surface area contributed by atoms with E-state index in [1.165, 1.54) is 11.2 Å². The molecule has 0 spiro atoms. The number of thiophene rings is 1. The Morgan fingerprint density at radius 3 is 2.64 bits per heavy atom. The first-order chi connectivity index (χ1) is 6.68. The largest absolute Gasteiger partial charge is 0.383 e. The summed E-state index contributed by atoms with van der Waals surface area (Å²) < 4.78 is 0. The van der Waals surface area contributed by atoms with Crippen LogP contribution in [0.2, 0.25) is 0 Å². The number of anilines is 1. The molecule has 0 aliphatic heterocycles. The van der Waals surface area contributed by atoms with Crippen LogP contribution in [0.1, 0.15) is 10.4 Å². The van der Waals surface area contributed by atoms with Crippen LogP contribution in [0.3, 0.4) is 0 Å². The number of nitrogen functional groups attached to an aromatic ring is 1. The second kappa shape index (κ2) is 3.38. The highest BCUT2D eigenvalue weighted by atomic mass is 32.1. The summed E-state index contributed by atoms with van der Waals surface area (Å²) in [5.41, 5.74) is 7.61. The summed E-state index contributed by atoms with van der Waals surface area (Å²) >= 11 is 1.72. The Kier molecular flexibility index (Phi) is 2.21. The molecule has 0 aliphatic carbocycles. The zero-order chi connectivity index (χ0) is 10.1. The topological polar surface area (TPSA) is 51.8 Å². The Bertz CT molecular complexity index is 462. The second-order valence-electron chi connectivity index (χ2n) is 3.14. The highest BCUT2D eigenvalue weighted by Gasteiger charge is 2.08. The lowest BCUT2D eigenvalue weighted by atomic mass is 10.2. The van der Waals surface area contributed by atoms with Gasteiger partial charge in [0.25, 0.3) is 0 Å². The van der Waals surface area contributed by atoms with E-state index >= 15 is 0 Å². The first-order valence-corrected chi connectivity index (χ1v) is 5.14. The Morgan fingerprint density at radius 1 is 1.21 bits per heavy atom. The fraction of sp³-hybridized carbons (Fsp3) is 0.200. The van der Waals surface area contributed by atoms with Crippen molar-refractivity contribution in [3.8, 4) is 10.6 Å². The maximum absolute atomic E-state index is 5.72. The van der Waals surface area contributed by atoms with Crippen LogP contribution in [0.4, 0.5) is 5.82 Å². The summed E-state index contributed by atoms with van der Waals surface area (Å²) in [6.07, 6.45) is 1.51. The van der Waals surface area contributed by atoms with E-state index in [4.69, 9.17) is 5.73 Å². The van der Waals surface area contributed by atoms with Gasteiger partial charge in [0.2, 0.25) is 0 Å². The van der Waals surface area contributed by atoms with Crippen LogP contribution in [0.25, 0.3) is 10.6 Å². The normalized spacial score (nSPS) is 10.4. The summed E-state index contributed by atoms with van der Waals surface area (Å²) in [6.45, 7) is 4.02. The minimum Gasteiger partial charge on any atom is -0.383 e. The fourth-order valence-corrected chi connectivity index (χ4v) is 2.20. The van der Waals surface area contributed by atoms with Crippen molar-refractivity contribution in [3.63, 3.8) is 0 Å². The number of hydrogen-bond acceptors (Lipinski definition) is 4. The number of hydrogen-bond donors (Lipinski definition) is 1. The van der Waals surface area contributed by atoms with Gasteiger partial charge < -0.3 is 5.73 Å². The minimum atomic E-state index is 0.557. The average Bonchev–Trinajstić information content (AvgIpc) is 2.57. The van der Waals surface area contributed by atoms with E-state index in [9.17, 15) is 0 Å². The van der Waals surface area contributed by atoms with E-state index in [0.717, 1.165) is 16.1 Å². The third kappa shape index (κ3) is 1.48. The summed E-state index contributed by atoms with van der Waals surface area (Å²) in [6, 6.07) is 4.15. The first kappa shape index (κ1) is 9.15. The SMILES string of the molecule is Cc1ccc(-c2ncnc(N)c2C)s1. The van der Waals surface area contributed by atoms with E-state index < -0.39 is 0 Å². The van der Waals surface area contributed by atoms with E-state index in [1.807, 2.05) is 6.92 Å². The van der Waals surface area contributed by atoms with Crippen LogP contribution in [-0.4, -0.2) is 9.97 Å². The summed E-state index contributed by atoms with van der Waals surface area (Å²) in [5, 5.41) is 0. The van der Waals surface area contributed by atoms with Gasteiger partial charge in [-0.3, -0.25) is 0 Å². The summed E-state index contributed by atoms with van der Waals surface area (Å²) in [7, 11) is 0. The Balaban J connectivity index is 2.57. The van der Waals surface area contributed by atoms with Gasteiger partial charge in [0.1, 0.15) is 12.1 Å². The highest BCUT2D eigenvalue weighted by Crippen LogP contribution is 2.29. The Hall–Kier alpha value is -1.42. The number of aryl methyl sites for hydroxylation is 1. The quantitative estimate of drug-likeness (QED) is 0.777. The Labute approximate surface area is 86.6 Å². The van der Waals surface area contributed by atoms with Crippen molar-refractivity contribution in [2.75, 3.05) is 5.73 Å². The van der Waals surface area contributed by atoms with Crippen LogP contribution >= 0.6 is 11.3 Å². The number of aromatic nitrogens is 2. The van der Waals surface area contributed by atoms with Crippen molar-refractivity contribution in [1.82, 2.24) is 9.97 Å². The van der Waals surface area contributed by atoms with Crippen LogP contribution < -0.4 is 5.73 Å². The third-order valence-corrected chi connectivity index (χ3v) is 3.10. The van der Waals surface area contributed by atoms with Gasteiger partial charge in [0.15, 0.2) is 0 Å². The molecule has 4 heteroatoms. The van der Waals surface area contributed by atoms with Crippen molar-refractivity contribution < 1.29 is 0 Å². The lowest BCUT2D eigenvalue weighted by molar-refractivity contribution is 1.15. The smallest absolute Gasteiger partial charge is 0.130 e. The van der Waals surface area contributed by atoms with Gasteiger partial charge in [-0.15, -0.1) is 11.3 Å². The van der Waals surface area contributed by atoms with Crippen LogP contribution in [0.5, 0.6) is 0 Å². The molecule has 0 radical (unpaired) electrons. The molecule has 0 amide bonds. The van der Waals surface area contributed by atoms with Crippen molar-refractivity contribution in [2.24, 2.45) is 0 Å².